The summed E-state index contributed by atoms with van der Waals surface area (Å²) in [6, 6.07) is 10.8. The van der Waals surface area contributed by atoms with Crippen molar-refractivity contribution in [3.63, 3.8) is 0 Å². The van der Waals surface area contributed by atoms with E-state index in [-0.39, 0.29) is 24.1 Å². The quantitative estimate of drug-likeness (QED) is 0.375. The normalized spacial score (nSPS) is 23.1. The van der Waals surface area contributed by atoms with Gasteiger partial charge < -0.3 is 14.9 Å². The molecule has 2 aromatic heterocycles. The molecule has 2 N–H and O–H groups in total. The number of rotatable bonds is 7. The van der Waals surface area contributed by atoms with Crippen LogP contribution in [0, 0.1) is 19.8 Å². The number of para-hydroxylation sites is 1. The molecule has 0 spiro atoms. The number of pyridine rings is 1. The molecule has 1 amide bonds. The zero-order chi connectivity index (χ0) is 27.0. The highest BCUT2D eigenvalue weighted by molar-refractivity contribution is 7.98. The van der Waals surface area contributed by atoms with E-state index < -0.39 is 6.17 Å². The first-order valence-corrected chi connectivity index (χ1v) is 15.0. The Balaban J connectivity index is 1.36. The van der Waals surface area contributed by atoms with Crippen LogP contribution in [0.2, 0.25) is 0 Å². The van der Waals surface area contributed by atoms with Crippen LogP contribution in [0.5, 0.6) is 0 Å². The van der Waals surface area contributed by atoms with Crippen LogP contribution in [0.25, 0.3) is 10.9 Å². The fourth-order valence-corrected chi connectivity index (χ4v) is 7.44. The van der Waals surface area contributed by atoms with E-state index in [0.717, 1.165) is 59.4 Å². The standard InChI is InChI=1S/C30H39FN4O2S/c1-18-15-27(38-4)25(29(36)33-18)16-32-30(37)28-20(3)35(26-8-6-5-7-24(26)28)19(2)21-9-11-23(12-10-21)34-14-13-22(31)17-34/h5-8,15,19,21-23H,9-14,16-17H2,1-4H3,(H,32,37)(H,33,36)/t19-,21?,22-,23?/m1/s1. The third kappa shape index (κ3) is 5.17. The number of nitrogens with zero attached hydrogens (tertiary/aromatic N) is 2. The maximum Gasteiger partial charge on any atom is 0.254 e. The predicted octanol–water partition coefficient (Wildman–Crippen LogP) is 5.76. The second-order valence-corrected chi connectivity index (χ2v) is 11.9. The van der Waals surface area contributed by atoms with Gasteiger partial charge in [0.25, 0.3) is 11.5 Å². The van der Waals surface area contributed by atoms with Crippen LogP contribution >= 0.6 is 11.8 Å². The van der Waals surface area contributed by atoms with E-state index in [1.54, 1.807) is 0 Å². The van der Waals surface area contributed by atoms with Crippen LogP contribution in [0.3, 0.4) is 0 Å². The van der Waals surface area contributed by atoms with Crippen molar-refractivity contribution in [2.75, 3.05) is 19.3 Å². The van der Waals surface area contributed by atoms with Gasteiger partial charge >= 0.3 is 0 Å². The SMILES string of the molecule is CSc1cc(C)[nH]c(=O)c1CNC(=O)c1c(C)n([C@H](C)C2CCC(N3CC[C@@H](F)C3)CC2)c2ccccc12. The van der Waals surface area contributed by atoms with E-state index in [4.69, 9.17) is 0 Å². The van der Waals surface area contributed by atoms with Gasteiger partial charge in [-0.05, 0) is 77.2 Å². The number of hydrogen-bond donors (Lipinski definition) is 2. The lowest BCUT2D eigenvalue weighted by atomic mass is 9.81. The van der Waals surface area contributed by atoms with Crippen molar-refractivity contribution >= 4 is 28.6 Å². The summed E-state index contributed by atoms with van der Waals surface area (Å²) in [4.78, 5) is 32.3. The van der Waals surface area contributed by atoms with E-state index in [1.807, 2.05) is 44.4 Å². The molecule has 3 aromatic rings. The van der Waals surface area contributed by atoms with Crippen LogP contribution in [0.4, 0.5) is 4.39 Å². The Morgan fingerprint density at radius 1 is 1.18 bits per heavy atom. The number of nitrogens with one attached hydrogen (secondary N) is 2. The first-order valence-electron chi connectivity index (χ1n) is 13.8. The molecule has 8 heteroatoms. The topological polar surface area (TPSA) is 70.1 Å². The van der Waals surface area contributed by atoms with Gasteiger partial charge in [-0.25, -0.2) is 4.39 Å². The highest BCUT2D eigenvalue weighted by atomic mass is 32.2. The van der Waals surface area contributed by atoms with Crippen molar-refractivity contribution < 1.29 is 9.18 Å². The first-order chi connectivity index (χ1) is 18.3. The molecule has 1 aromatic carbocycles. The number of carbonyl (C=O) groups is 1. The third-order valence-electron chi connectivity index (χ3n) is 8.77. The molecular formula is C30H39FN4O2S. The molecule has 0 bridgehead atoms. The van der Waals surface area contributed by atoms with Gasteiger partial charge in [0.15, 0.2) is 0 Å². The lowest BCUT2D eigenvalue weighted by molar-refractivity contribution is 0.0950. The van der Waals surface area contributed by atoms with E-state index in [9.17, 15) is 14.0 Å². The molecule has 2 fully saturated rings. The Kier molecular flexibility index (Phi) is 8.00. The Morgan fingerprint density at radius 3 is 2.61 bits per heavy atom. The summed E-state index contributed by atoms with van der Waals surface area (Å²) in [5.41, 5.74) is 3.95. The molecule has 1 aliphatic heterocycles. The van der Waals surface area contributed by atoms with Gasteiger partial charge in [-0.2, -0.15) is 0 Å². The molecule has 0 unspecified atom stereocenters. The second kappa shape index (κ2) is 11.3. The molecule has 6 nitrogen and oxygen atoms in total. The number of hydrogen-bond acceptors (Lipinski definition) is 4. The fraction of sp³-hybridized carbons (Fsp3) is 0.533. The molecule has 2 aliphatic rings. The Bertz CT molecular complexity index is 1370. The molecule has 5 rings (SSSR count). The minimum absolute atomic E-state index is 0.157. The van der Waals surface area contributed by atoms with Crippen LogP contribution in [-0.4, -0.2) is 51.9 Å². The lowest BCUT2D eigenvalue weighted by Gasteiger charge is -2.37. The highest BCUT2D eigenvalue weighted by Crippen LogP contribution is 2.39. The number of amides is 1. The predicted molar refractivity (Wildman–Crippen MR) is 153 cm³/mol. The summed E-state index contributed by atoms with van der Waals surface area (Å²) in [7, 11) is 0. The Hall–Kier alpha value is -2.58. The maximum atomic E-state index is 13.7. The third-order valence-corrected chi connectivity index (χ3v) is 9.57. The first kappa shape index (κ1) is 27.0. The van der Waals surface area contributed by atoms with Crippen molar-refractivity contribution in [3.05, 3.63) is 63.2 Å². The minimum Gasteiger partial charge on any atom is -0.348 e. The Morgan fingerprint density at radius 2 is 1.92 bits per heavy atom. The molecule has 1 saturated carbocycles. The number of alkyl halides is 1. The number of H-pyrrole nitrogens is 1. The van der Waals surface area contributed by atoms with Gasteiger partial charge in [0.05, 0.1) is 5.56 Å². The monoisotopic (exact) mass is 538 g/mol. The Labute approximate surface area is 228 Å². The van der Waals surface area contributed by atoms with E-state index >= 15 is 0 Å². The minimum atomic E-state index is -0.665. The van der Waals surface area contributed by atoms with Crippen LogP contribution in [0.15, 0.2) is 40.0 Å². The largest absolute Gasteiger partial charge is 0.348 e. The summed E-state index contributed by atoms with van der Waals surface area (Å²) >= 11 is 1.51. The van der Waals surface area contributed by atoms with E-state index in [0.29, 0.717) is 36.1 Å². The highest BCUT2D eigenvalue weighted by Gasteiger charge is 2.34. The molecule has 1 saturated heterocycles. The number of aromatic amines is 1. The summed E-state index contributed by atoms with van der Waals surface area (Å²) in [6.45, 7) is 7.83. The van der Waals surface area contributed by atoms with Gasteiger partial charge in [0.2, 0.25) is 0 Å². The van der Waals surface area contributed by atoms with Crippen molar-refractivity contribution in [2.24, 2.45) is 5.92 Å². The zero-order valence-corrected chi connectivity index (χ0v) is 23.7. The van der Waals surface area contributed by atoms with Crippen molar-refractivity contribution in [1.82, 2.24) is 19.8 Å². The summed E-state index contributed by atoms with van der Waals surface area (Å²) in [6.07, 6.45) is 6.39. The molecule has 1 aliphatic carbocycles. The smallest absolute Gasteiger partial charge is 0.254 e. The summed E-state index contributed by atoms with van der Waals surface area (Å²) in [5, 5.41) is 3.98. The van der Waals surface area contributed by atoms with Crippen LogP contribution in [-0.2, 0) is 6.54 Å². The molecular weight excluding hydrogens is 499 g/mol. The van der Waals surface area contributed by atoms with Gasteiger partial charge in [-0.15, -0.1) is 11.8 Å². The number of aryl methyl sites for hydroxylation is 1. The van der Waals surface area contributed by atoms with Crippen molar-refractivity contribution in [3.8, 4) is 0 Å². The van der Waals surface area contributed by atoms with Crippen molar-refractivity contribution in [2.45, 2.75) is 82.6 Å². The average molecular weight is 539 g/mol. The van der Waals surface area contributed by atoms with Gasteiger partial charge in [-0.3, -0.25) is 14.5 Å². The zero-order valence-electron chi connectivity index (χ0n) is 22.9. The molecule has 38 heavy (non-hydrogen) atoms. The van der Waals surface area contributed by atoms with Crippen LogP contribution < -0.4 is 10.9 Å². The number of halogens is 1. The average Bonchev–Trinajstić information content (AvgIpc) is 3.47. The molecule has 0 radical (unpaired) electrons. The number of aromatic nitrogens is 2. The molecule has 2 atom stereocenters. The number of benzene rings is 1. The second-order valence-electron chi connectivity index (χ2n) is 11.0. The van der Waals surface area contributed by atoms with Gasteiger partial charge in [0.1, 0.15) is 6.17 Å². The number of carbonyl (C=O) groups excluding carboxylic acids is 1. The van der Waals surface area contributed by atoms with Gasteiger partial charge in [-0.1, -0.05) is 18.2 Å². The number of thioether (sulfide) groups is 1. The number of likely N-dealkylation sites (tertiary alicyclic amines) is 1. The van der Waals surface area contributed by atoms with Crippen LogP contribution in [0.1, 0.15) is 72.4 Å². The van der Waals surface area contributed by atoms with E-state index in [2.05, 4.69) is 32.8 Å². The fourth-order valence-electron chi connectivity index (χ4n) is 6.73. The lowest BCUT2D eigenvalue weighted by Crippen LogP contribution is -2.38. The summed E-state index contributed by atoms with van der Waals surface area (Å²) < 4.78 is 16.1. The van der Waals surface area contributed by atoms with Gasteiger partial charge in [0, 0.05) is 64.5 Å². The van der Waals surface area contributed by atoms with E-state index in [1.165, 1.54) is 11.8 Å². The molecule has 3 heterocycles. The molecule has 204 valence electrons. The summed E-state index contributed by atoms with van der Waals surface area (Å²) in [5.74, 6) is 0.353. The maximum absolute atomic E-state index is 13.7. The number of fused-ring (bicyclic) bond motifs is 1. The van der Waals surface area contributed by atoms with Crippen molar-refractivity contribution in [1.29, 1.82) is 0 Å².